The van der Waals surface area contributed by atoms with E-state index in [1.54, 1.807) is 34.6 Å². The first-order chi connectivity index (χ1) is 14.0. The zero-order valence-corrected chi connectivity index (χ0v) is 21.6. The van der Waals surface area contributed by atoms with Crippen LogP contribution in [-0.2, 0) is 50.5 Å². The van der Waals surface area contributed by atoms with Crippen molar-refractivity contribution in [1.82, 2.24) is 0 Å². The second-order valence-corrected chi connectivity index (χ2v) is 6.77. The molecule has 0 fully saturated rings. The molecule has 0 spiro atoms. The predicted molar refractivity (Wildman–Crippen MR) is 106 cm³/mol. The molecule has 3 atom stereocenters. The van der Waals surface area contributed by atoms with Gasteiger partial charge in [0.15, 0.2) is 0 Å². The topological polar surface area (TPSA) is 192 Å². The standard InChI is InChI=1S/3C6H10O3.C3H8O.Ti/c3*1-3-5(4(2)7)6(8)9;1-3(2)4;/h3*5H,3H2,1-2H3,(H,8,9);3-4H,1-2H3;/q;;;;+3/p-3. The monoisotopic (exact) mass is 495 g/mol. The smallest absolute Gasteiger partial charge is 0.549 e. The number of carbonyl (C=O) groups is 6. The first-order valence-corrected chi connectivity index (χ1v) is 9.83. The SMILES string of the molecule is CC(C)O.CCC(C(C)=O)C(=O)[O-].CCC(C(C)=O)C(=O)[O-].CCC(C(C)=O)C(=O)[O-].[Ti+3]. The average molecular weight is 495 g/mol. The maximum atomic E-state index is 10.4. The van der Waals surface area contributed by atoms with Crippen LogP contribution in [0.5, 0.6) is 0 Å². The normalized spacial score (nSPS) is 11.8. The van der Waals surface area contributed by atoms with Crippen LogP contribution < -0.4 is 15.3 Å². The van der Waals surface area contributed by atoms with Crippen LogP contribution in [0, 0.1) is 17.8 Å². The molecule has 0 aromatic carbocycles. The van der Waals surface area contributed by atoms with Crippen LogP contribution in [0.2, 0.25) is 0 Å². The van der Waals surface area contributed by atoms with Crippen LogP contribution in [0.1, 0.15) is 74.7 Å². The van der Waals surface area contributed by atoms with Gasteiger partial charge in [0.2, 0.25) is 0 Å². The van der Waals surface area contributed by atoms with Crippen molar-refractivity contribution in [3.63, 3.8) is 0 Å². The molecule has 0 amide bonds. The molecule has 0 rings (SSSR count). The molecule has 1 N–H and O–H groups in total. The Bertz CT molecular complexity index is 466. The third-order valence-corrected chi connectivity index (χ3v) is 3.55. The van der Waals surface area contributed by atoms with E-state index < -0.39 is 35.7 Å². The van der Waals surface area contributed by atoms with Gasteiger partial charge in [-0.1, -0.05) is 20.8 Å². The summed E-state index contributed by atoms with van der Waals surface area (Å²) in [6.45, 7) is 12.1. The predicted octanol–water partition coefficient (Wildman–Crippen LogP) is -1.56. The van der Waals surface area contributed by atoms with E-state index in [1.807, 2.05) is 0 Å². The van der Waals surface area contributed by atoms with Crippen molar-refractivity contribution in [3.05, 3.63) is 0 Å². The Morgan fingerprint density at radius 1 is 0.594 bits per heavy atom. The van der Waals surface area contributed by atoms with Crippen LogP contribution in [-0.4, -0.2) is 46.5 Å². The number of aliphatic hydroxyl groups is 1. The van der Waals surface area contributed by atoms with Gasteiger partial charge in [-0.2, -0.15) is 0 Å². The van der Waals surface area contributed by atoms with Crippen molar-refractivity contribution < 1.29 is 70.9 Å². The third kappa shape index (κ3) is 26.1. The van der Waals surface area contributed by atoms with Gasteiger partial charge in [-0.3, -0.25) is 14.4 Å². The Balaban J connectivity index is -0.000000104. The molecule has 0 bridgehead atoms. The van der Waals surface area contributed by atoms with Gasteiger partial charge >= 0.3 is 21.7 Å². The van der Waals surface area contributed by atoms with Gasteiger partial charge in [-0.15, -0.1) is 0 Å². The molecule has 0 aliphatic heterocycles. The van der Waals surface area contributed by atoms with E-state index in [9.17, 15) is 44.1 Å². The summed E-state index contributed by atoms with van der Waals surface area (Å²) in [7, 11) is 0. The molecule has 0 aliphatic carbocycles. The van der Waals surface area contributed by atoms with E-state index in [0.717, 1.165) is 0 Å². The van der Waals surface area contributed by atoms with Gasteiger partial charge in [-0.25, -0.2) is 0 Å². The fraction of sp³-hybridized carbons (Fsp3) is 0.714. The molecule has 0 aromatic heterocycles. The second-order valence-electron chi connectivity index (χ2n) is 6.77. The van der Waals surface area contributed by atoms with E-state index in [-0.39, 0.29) is 45.2 Å². The zero-order chi connectivity index (χ0) is 25.9. The van der Waals surface area contributed by atoms with Gasteiger partial charge in [0.25, 0.3) is 0 Å². The molecular formula is C21H35O10Ti. The van der Waals surface area contributed by atoms with Gasteiger partial charge in [0, 0.05) is 6.10 Å². The molecule has 1 radical (unpaired) electrons. The molecule has 0 aliphatic rings. The summed E-state index contributed by atoms with van der Waals surface area (Å²) in [6, 6.07) is 0. The first kappa shape index (κ1) is 40.5. The number of hydrogen-bond acceptors (Lipinski definition) is 10. The van der Waals surface area contributed by atoms with E-state index in [2.05, 4.69) is 0 Å². The van der Waals surface area contributed by atoms with Crippen molar-refractivity contribution in [2.24, 2.45) is 17.8 Å². The Kier molecular flexibility index (Phi) is 30.0. The fourth-order valence-corrected chi connectivity index (χ4v) is 1.86. The summed E-state index contributed by atoms with van der Waals surface area (Å²) in [4.78, 5) is 61.3. The molecule has 32 heavy (non-hydrogen) atoms. The first-order valence-electron chi connectivity index (χ1n) is 9.83. The minimum Gasteiger partial charge on any atom is -0.549 e. The van der Waals surface area contributed by atoms with E-state index in [4.69, 9.17) is 5.11 Å². The molecule has 0 saturated heterocycles. The van der Waals surface area contributed by atoms with Crippen LogP contribution in [0.3, 0.4) is 0 Å². The number of aliphatic carboxylic acids is 3. The molecule has 10 nitrogen and oxygen atoms in total. The van der Waals surface area contributed by atoms with Crippen LogP contribution in [0.15, 0.2) is 0 Å². The van der Waals surface area contributed by atoms with E-state index in [1.165, 1.54) is 20.8 Å². The molecule has 183 valence electrons. The molecule has 0 heterocycles. The van der Waals surface area contributed by atoms with Crippen LogP contribution in [0.25, 0.3) is 0 Å². The Hall–Kier alpha value is -1.91. The summed E-state index contributed by atoms with van der Waals surface area (Å²) in [5.41, 5.74) is 0. The second kappa shape index (κ2) is 23.8. The van der Waals surface area contributed by atoms with Crippen molar-refractivity contribution >= 4 is 35.3 Å². The minimum absolute atomic E-state index is 0. The maximum absolute atomic E-state index is 10.4. The van der Waals surface area contributed by atoms with E-state index >= 15 is 0 Å². The summed E-state index contributed by atoms with van der Waals surface area (Å²) < 4.78 is 0. The molecule has 11 heteroatoms. The van der Waals surface area contributed by atoms with Gasteiger partial charge in [0.1, 0.15) is 17.3 Å². The van der Waals surface area contributed by atoms with Crippen LogP contribution >= 0.6 is 0 Å². The van der Waals surface area contributed by atoms with Gasteiger partial charge in [0.05, 0.1) is 35.7 Å². The number of rotatable bonds is 9. The number of ketones is 3. The summed E-state index contributed by atoms with van der Waals surface area (Å²) >= 11 is 0. The van der Waals surface area contributed by atoms with Crippen molar-refractivity contribution in [2.75, 3.05) is 0 Å². The fourth-order valence-electron chi connectivity index (χ4n) is 1.86. The quantitative estimate of drug-likeness (QED) is 0.289. The third-order valence-electron chi connectivity index (χ3n) is 3.55. The average Bonchev–Trinajstić information content (AvgIpc) is 2.54. The number of Topliss-reactive ketones (excluding diaryl/α,β-unsaturated/α-hetero) is 3. The molecule has 3 unspecified atom stereocenters. The Labute approximate surface area is 204 Å². The number of carboxylic acid groups (broad SMARTS) is 3. The van der Waals surface area contributed by atoms with Crippen molar-refractivity contribution in [2.45, 2.75) is 80.8 Å². The number of carbonyl (C=O) groups excluding carboxylic acids is 6. The maximum Gasteiger partial charge on any atom is 3.00 e. The number of aliphatic hydroxyl groups excluding tert-OH is 1. The van der Waals surface area contributed by atoms with Crippen molar-refractivity contribution in [1.29, 1.82) is 0 Å². The summed E-state index contributed by atoms with van der Waals surface area (Å²) in [5.74, 6) is -7.56. The molecular weight excluding hydrogens is 460 g/mol. The largest absolute Gasteiger partial charge is 3.00 e. The number of carboxylic acids is 3. The van der Waals surface area contributed by atoms with E-state index in [0.29, 0.717) is 19.3 Å². The molecule has 0 aromatic rings. The minimum atomic E-state index is -1.27. The molecule has 0 saturated carbocycles. The van der Waals surface area contributed by atoms with Gasteiger partial charge < -0.3 is 34.8 Å². The Morgan fingerprint density at radius 3 is 0.719 bits per heavy atom. The summed E-state index contributed by atoms with van der Waals surface area (Å²) in [5, 5.41) is 38.2. The van der Waals surface area contributed by atoms with Crippen LogP contribution in [0.4, 0.5) is 0 Å². The van der Waals surface area contributed by atoms with Crippen molar-refractivity contribution in [3.8, 4) is 0 Å². The zero-order valence-electron chi connectivity index (χ0n) is 20.1. The Morgan fingerprint density at radius 2 is 0.719 bits per heavy atom. The van der Waals surface area contributed by atoms with Gasteiger partial charge in [-0.05, 0) is 53.9 Å². The summed E-state index contributed by atoms with van der Waals surface area (Å²) in [6.07, 6.45) is 0.785. The number of hydrogen-bond donors (Lipinski definition) is 1.